The van der Waals surface area contributed by atoms with Crippen molar-refractivity contribution in [1.29, 1.82) is 0 Å². The zero-order valence-corrected chi connectivity index (χ0v) is 17.0. The van der Waals surface area contributed by atoms with Crippen LogP contribution in [-0.4, -0.2) is 10.2 Å². The van der Waals surface area contributed by atoms with Crippen molar-refractivity contribution in [3.63, 3.8) is 0 Å². The molecule has 26 heavy (non-hydrogen) atoms. The van der Waals surface area contributed by atoms with E-state index in [0.29, 0.717) is 17.4 Å². The molecule has 2 atom stereocenters. The van der Waals surface area contributed by atoms with Crippen molar-refractivity contribution < 1.29 is 10.2 Å². The van der Waals surface area contributed by atoms with Crippen LogP contribution in [0.4, 0.5) is 0 Å². The van der Waals surface area contributed by atoms with Crippen molar-refractivity contribution >= 4 is 0 Å². The Balaban J connectivity index is 2.25. The van der Waals surface area contributed by atoms with Crippen molar-refractivity contribution in [2.75, 3.05) is 0 Å². The van der Waals surface area contributed by atoms with Crippen LogP contribution in [0.15, 0.2) is 24.3 Å². The zero-order valence-electron chi connectivity index (χ0n) is 17.0. The molecule has 2 aromatic rings. The molecule has 1 aliphatic rings. The van der Waals surface area contributed by atoms with E-state index in [1.807, 2.05) is 27.7 Å². The molecule has 0 amide bonds. The number of rotatable bonds is 2. The maximum absolute atomic E-state index is 10.3. The lowest BCUT2D eigenvalue weighted by Gasteiger charge is -2.44. The molecule has 0 spiro atoms. The molecule has 0 bridgehead atoms. The Morgan fingerprint density at radius 1 is 0.731 bits per heavy atom. The van der Waals surface area contributed by atoms with E-state index in [9.17, 15) is 10.2 Å². The molecule has 3 rings (SSSR count). The molecule has 2 heteroatoms. The molecule has 0 saturated heterocycles. The van der Waals surface area contributed by atoms with Gasteiger partial charge in [0.05, 0.1) is 0 Å². The van der Waals surface area contributed by atoms with Gasteiger partial charge in [-0.2, -0.15) is 0 Å². The van der Waals surface area contributed by atoms with Crippen molar-refractivity contribution in [2.45, 2.75) is 66.2 Å². The van der Waals surface area contributed by atoms with Crippen LogP contribution >= 0.6 is 0 Å². The predicted octanol–water partition coefficient (Wildman–Crippen LogP) is 6.07. The fourth-order valence-corrected chi connectivity index (χ4v) is 4.77. The summed E-state index contributed by atoms with van der Waals surface area (Å²) in [5.41, 5.74) is 6.31. The number of phenols is 2. The first kappa shape index (κ1) is 18.8. The molecule has 0 radical (unpaired) electrons. The number of hydrogen-bond acceptors (Lipinski definition) is 2. The van der Waals surface area contributed by atoms with Gasteiger partial charge in [-0.3, -0.25) is 0 Å². The minimum absolute atomic E-state index is 0.0572. The maximum Gasteiger partial charge on any atom is 0.121 e. The normalized spacial score (nSPS) is 22.4. The van der Waals surface area contributed by atoms with Gasteiger partial charge in [0, 0.05) is 5.41 Å². The Morgan fingerprint density at radius 3 is 1.46 bits per heavy atom. The monoisotopic (exact) mass is 352 g/mol. The summed E-state index contributed by atoms with van der Waals surface area (Å²) in [5.74, 6) is 2.16. The Morgan fingerprint density at radius 2 is 1.12 bits per heavy atom. The van der Waals surface area contributed by atoms with Gasteiger partial charge in [-0.15, -0.1) is 0 Å². The van der Waals surface area contributed by atoms with Crippen molar-refractivity contribution in [2.24, 2.45) is 11.8 Å². The third kappa shape index (κ3) is 3.00. The van der Waals surface area contributed by atoms with Gasteiger partial charge in [0.15, 0.2) is 0 Å². The first-order chi connectivity index (χ1) is 12.2. The molecule has 140 valence electrons. The first-order valence-electron chi connectivity index (χ1n) is 9.77. The van der Waals surface area contributed by atoms with E-state index < -0.39 is 0 Å². The zero-order chi connectivity index (χ0) is 19.2. The van der Waals surface area contributed by atoms with Gasteiger partial charge in [0.2, 0.25) is 0 Å². The lowest BCUT2D eigenvalue weighted by Crippen LogP contribution is -2.37. The minimum Gasteiger partial charge on any atom is -0.507 e. The number of benzene rings is 2. The summed E-state index contributed by atoms with van der Waals surface area (Å²) in [5, 5.41) is 20.5. The fraction of sp³-hybridized carbons (Fsp3) is 0.500. The molecule has 2 N–H and O–H groups in total. The molecule has 1 saturated carbocycles. The number of hydrogen-bond donors (Lipinski definition) is 2. The lowest BCUT2D eigenvalue weighted by molar-refractivity contribution is 0.200. The molecule has 2 nitrogen and oxygen atoms in total. The highest BCUT2D eigenvalue weighted by Gasteiger charge is 2.41. The topological polar surface area (TPSA) is 40.5 Å². The van der Waals surface area contributed by atoms with Crippen LogP contribution in [0.25, 0.3) is 0 Å². The molecule has 0 aromatic heterocycles. The second kappa shape index (κ2) is 6.64. The predicted molar refractivity (Wildman–Crippen MR) is 108 cm³/mol. The average molecular weight is 353 g/mol. The summed E-state index contributed by atoms with van der Waals surface area (Å²) in [6.45, 7) is 12.7. The molecular formula is C24H32O2. The van der Waals surface area contributed by atoms with Gasteiger partial charge in [-0.05, 0) is 92.2 Å². The molecule has 2 aromatic carbocycles. The van der Waals surface area contributed by atoms with Crippen LogP contribution in [0.3, 0.4) is 0 Å². The van der Waals surface area contributed by atoms with Crippen LogP contribution < -0.4 is 0 Å². The van der Waals surface area contributed by atoms with E-state index in [-0.39, 0.29) is 5.41 Å². The molecule has 2 unspecified atom stereocenters. The van der Waals surface area contributed by atoms with E-state index in [4.69, 9.17) is 0 Å². The van der Waals surface area contributed by atoms with Crippen molar-refractivity contribution in [3.8, 4) is 11.5 Å². The van der Waals surface area contributed by atoms with Crippen LogP contribution in [0.1, 0.15) is 66.5 Å². The van der Waals surface area contributed by atoms with Gasteiger partial charge in [-0.25, -0.2) is 0 Å². The van der Waals surface area contributed by atoms with E-state index >= 15 is 0 Å². The Bertz CT molecular complexity index is 731. The van der Waals surface area contributed by atoms with Crippen molar-refractivity contribution in [1.82, 2.24) is 0 Å². The smallest absolute Gasteiger partial charge is 0.121 e. The van der Waals surface area contributed by atoms with Crippen LogP contribution in [0.5, 0.6) is 11.5 Å². The molecular weight excluding hydrogens is 320 g/mol. The first-order valence-corrected chi connectivity index (χ1v) is 9.77. The second-order valence-electron chi connectivity index (χ2n) is 8.70. The van der Waals surface area contributed by atoms with E-state index in [1.54, 1.807) is 0 Å². The van der Waals surface area contributed by atoms with Gasteiger partial charge >= 0.3 is 0 Å². The molecule has 1 fully saturated rings. The van der Waals surface area contributed by atoms with Gasteiger partial charge in [0.25, 0.3) is 0 Å². The number of aryl methyl sites for hydroxylation is 4. The van der Waals surface area contributed by atoms with Gasteiger partial charge in [0.1, 0.15) is 11.5 Å². The average Bonchev–Trinajstić information content (AvgIpc) is 2.59. The Labute approximate surface area is 157 Å². The Hall–Kier alpha value is -1.96. The summed E-state index contributed by atoms with van der Waals surface area (Å²) in [6.07, 6.45) is 3.40. The standard InChI is InChI=1S/C24H32O2/c1-14-7-8-24(13-19(14)6,20-9-15(2)22(25)16(3)10-20)21-11-17(4)23(26)18(5)12-21/h9-12,14,19,25-26H,7-8,13H2,1-6H3. The third-order valence-electron chi connectivity index (χ3n) is 6.76. The SMILES string of the molecule is Cc1cc(C2(c3cc(C)c(O)c(C)c3)CCC(C)C(C)C2)cc(C)c1O. The van der Waals surface area contributed by atoms with Crippen molar-refractivity contribution in [3.05, 3.63) is 57.6 Å². The van der Waals surface area contributed by atoms with E-state index in [1.165, 1.54) is 17.5 Å². The van der Waals surface area contributed by atoms with E-state index in [2.05, 4.69) is 38.1 Å². The number of aromatic hydroxyl groups is 2. The molecule has 0 aliphatic heterocycles. The number of phenolic OH excluding ortho intramolecular Hbond substituents is 2. The Kier molecular flexibility index (Phi) is 4.81. The summed E-state index contributed by atoms with van der Waals surface area (Å²) < 4.78 is 0. The second-order valence-corrected chi connectivity index (χ2v) is 8.70. The third-order valence-corrected chi connectivity index (χ3v) is 6.76. The summed E-state index contributed by atoms with van der Waals surface area (Å²) in [7, 11) is 0. The molecule has 1 aliphatic carbocycles. The quantitative estimate of drug-likeness (QED) is 0.688. The highest BCUT2D eigenvalue weighted by Crippen LogP contribution is 2.50. The summed E-state index contributed by atoms with van der Waals surface area (Å²) in [4.78, 5) is 0. The molecule has 0 heterocycles. The lowest BCUT2D eigenvalue weighted by atomic mass is 9.59. The minimum atomic E-state index is -0.0572. The highest BCUT2D eigenvalue weighted by molar-refractivity contribution is 5.52. The highest BCUT2D eigenvalue weighted by atomic mass is 16.3. The summed E-state index contributed by atoms with van der Waals surface area (Å²) >= 11 is 0. The largest absolute Gasteiger partial charge is 0.507 e. The maximum atomic E-state index is 10.3. The van der Waals surface area contributed by atoms with Crippen LogP contribution in [0.2, 0.25) is 0 Å². The van der Waals surface area contributed by atoms with Gasteiger partial charge < -0.3 is 10.2 Å². The fourth-order valence-electron chi connectivity index (χ4n) is 4.77. The summed E-state index contributed by atoms with van der Waals surface area (Å²) in [6, 6.07) is 8.68. The van der Waals surface area contributed by atoms with Crippen LogP contribution in [-0.2, 0) is 5.41 Å². The van der Waals surface area contributed by atoms with E-state index in [0.717, 1.165) is 41.0 Å². The van der Waals surface area contributed by atoms with Gasteiger partial charge in [-0.1, -0.05) is 38.1 Å². The van der Waals surface area contributed by atoms with Crippen LogP contribution in [0, 0.1) is 39.5 Å².